The highest BCUT2D eigenvalue weighted by Crippen LogP contribution is 2.26. The molecular formula is C21H19N3O3S. The van der Waals surface area contributed by atoms with Gasteiger partial charge in [-0.25, -0.2) is 4.99 Å². The summed E-state index contributed by atoms with van der Waals surface area (Å²) in [6, 6.07) is 15.6. The summed E-state index contributed by atoms with van der Waals surface area (Å²) in [6.45, 7) is 1.91. The van der Waals surface area contributed by atoms with Crippen LogP contribution in [0, 0.1) is 18.8 Å². The highest BCUT2D eigenvalue weighted by Gasteiger charge is 2.40. The van der Waals surface area contributed by atoms with Crippen molar-refractivity contribution < 1.29 is 14.4 Å². The van der Waals surface area contributed by atoms with Gasteiger partial charge in [-0.05, 0) is 19.1 Å². The third-order valence-corrected chi connectivity index (χ3v) is 4.83. The molecule has 0 radical (unpaired) electrons. The molecule has 28 heavy (non-hydrogen) atoms. The average Bonchev–Trinajstić information content (AvgIpc) is 2.67. The summed E-state index contributed by atoms with van der Waals surface area (Å²) >= 11 is 4.89. The molecule has 1 aliphatic rings. The van der Waals surface area contributed by atoms with Crippen LogP contribution in [0.25, 0.3) is 0 Å². The molecule has 0 fully saturated rings. The smallest absolute Gasteiger partial charge is 0.237 e. The number of hydrogen-bond acceptors (Lipinski definition) is 5. The van der Waals surface area contributed by atoms with E-state index in [0.717, 1.165) is 5.56 Å². The second-order valence-electron chi connectivity index (χ2n) is 6.64. The molecule has 0 aromatic heterocycles. The van der Waals surface area contributed by atoms with Gasteiger partial charge in [0.1, 0.15) is 11.8 Å². The number of carbonyl (C=O) groups excluding carboxylic acids is 3. The van der Waals surface area contributed by atoms with Gasteiger partial charge in [0.15, 0.2) is 11.6 Å². The van der Waals surface area contributed by atoms with Gasteiger partial charge in [0.2, 0.25) is 11.0 Å². The van der Waals surface area contributed by atoms with E-state index in [1.165, 1.54) is 0 Å². The van der Waals surface area contributed by atoms with Crippen LogP contribution in [0.5, 0.6) is 0 Å². The molecule has 1 aliphatic heterocycles. The van der Waals surface area contributed by atoms with Crippen molar-refractivity contribution in [1.29, 1.82) is 0 Å². The lowest BCUT2D eigenvalue weighted by Gasteiger charge is -2.27. The van der Waals surface area contributed by atoms with Gasteiger partial charge in [0.25, 0.3) is 0 Å². The first kappa shape index (κ1) is 19.6. The van der Waals surface area contributed by atoms with E-state index in [0.29, 0.717) is 11.1 Å². The summed E-state index contributed by atoms with van der Waals surface area (Å²) in [4.78, 5) is 42.5. The van der Waals surface area contributed by atoms with E-state index in [4.69, 9.17) is 18.0 Å². The SMILES string of the molecule is Cc1ccc(C(=O)C(CC(=O)c2ccccc2)C2C(=O)NC(=S)N=C2N)cc1. The van der Waals surface area contributed by atoms with E-state index < -0.39 is 17.7 Å². The Hall–Kier alpha value is -3.19. The standard InChI is InChI=1S/C21H19N3O3S/c1-12-7-9-14(10-8-12)18(26)15(11-16(25)13-5-3-2-4-6-13)17-19(22)23-21(28)24-20(17)27/h2-10,15,17H,11H2,1H3,(H3,22,23,24,27,28). The number of ketones is 2. The highest BCUT2D eigenvalue weighted by molar-refractivity contribution is 7.80. The molecule has 6 nitrogen and oxygen atoms in total. The monoisotopic (exact) mass is 393 g/mol. The van der Waals surface area contributed by atoms with Crippen LogP contribution in [0.4, 0.5) is 0 Å². The van der Waals surface area contributed by atoms with Crippen LogP contribution in [-0.2, 0) is 4.79 Å². The van der Waals surface area contributed by atoms with Crippen molar-refractivity contribution >= 4 is 40.6 Å². The number of nitrogens with one attached hydrogen (secondary N) is 1. The summed E-state index contributed by atoms with van der Waals surface area (Å²) in [5.41, 5.74) is 7.82. The third kappa shape index (κ3) is 4.20. The molecule has 1 amide bonds. The molecule has 0 spiro atoms. The maximum absolute atomic E-state index is 13.2. The number of amides is 1. The molecule has 2 atom stereocenters. The average molecular weight is 393 g/mol. The number of hydrogen-bond donors (Lipinski definition) is 2. The first-order valence-corrected chi connectivity index (χ1v) is 9.15. The Morgan fingerprint density at radius 1 is 1.11 bits per heavy atom. The molecule has 2 aromatic carbocycles. The molecule has 0 bridgehead atoms. The fourth-order valence-corrected chi connectivity index (χ4v) is 3.36. The van der Waals surface area contributed by atoms with Crippen molar-refractivity contribution in [3.8, 4) is 0 Å². The molecule has 0 saturated heterocycles. The summed E-state index contributed by atoms with van der Waals surface area (Å²) in [7, 11) is 0. The zero-order valence-corrected chi connectivity index (χ0v) is 16.0. The van der Waals surface area contributed by atoms with Crippen LogP contribution in [0.15, 0.2) is 59.6 Å². The van der Waals surface area contributed by atoms with Gasteiger partial charge in [-0.1, -0.05) is 60.2 Å². The van der Waals surface area contributed by atoms with Crippen LogP contribution < -0.4 is 11.1 Å². The van der Waals surface area contributed by atoms with Crippen molar-refractivity contribution in [3.05, 3.63) is 71.3 Å². The number of Topliss-reactive ketones (excluding diaryl/α,β-unsaturated/α-hetero) is 2. The molecule has 0 saturated carbocycles. The molecule has 2 unspecified atom stereocenters. The Kier molecular flexibility index (Phi) is 5.75. The van der Waals surface area contributed by atoms with Gasteiger partial charge >= 0.3 is 0 Å². The minimum Gasteiger partial charge on any atom is -0.386 e. The summed E-state index contributed by atoms with van der Waals surface area (Å²) in [5.74, 6) is -3.21. The minimum atomic E-state index is -1.06. The molecule has 3 N–H and O–H groups in total. The maximum Gasteiger partial charge on any atom is 0.237 e. The van der Waals surface area contributed by atoms with Gasteiger partial charge in [0, 0.05) is 23.5 Å². The Balaban J connectivity index is 1.98. The third-order valence-electron chi connectivity index (χ3n) is 4.64. The molecule has 7 heteroatoms. The summed E-state index contributed by atoms with van der Waals surface area (Å²) < 4.78 is 0. The number of aliphatic imine (C=N–C) groups is 1. The molecule has 3 rings (SSSR count). The number of amidine groups is 1. The largest absolute Gasteiger partial charge is 0.386 e. The Bertz CT molecular complexity index is 968. The number of rotatable bonds is 6. The van der Waals surface area contributed by atoms with Crippen molar-refractivity contribution in [1.82, 2.24) is 5.32 Å². The Labute approximate surface area is 167 Å². The molecule has 2 aromatic rings. The van der Waals surface area contributed by atoms with E-state index >= 15 is 0 Å². The molecular weight excluding hydrogens is 374 g/mol. The topological polar surface area (TPSA) is 102 Å². The number of nitrogens with two attached hydrogens (primary N) is 1. The number of benzene rings is 2. The van der Waals surface area contributed by atoms with Gasteiger partial charge in [0.05, 0.1) is 0 Å². The van der Waals surface area contributed by atoms with Crippen molar-refractivity contribution in [2.45, 2.75) is 13.3 Å². The Morgan fingerprint density at radius 2 is 1.75 bits per heavy atom. The number of carbonyl (C=O) groups is 3. The Morgan fingerprint density at radius 3 is 2.36 bits per heavy atom. The number of nitrogens with zero attached hydrogens (tertiary/aromatic N) is 1. The van der Waals surface area contributed by atoms with E-state index in [1.807, 2.05) is 6.92 Å². The summed E-state index contributed by atoms with van der Waals surface area (Å²) in [5, 5.41) is 2.38. The van der Waals surface area contributed by atoms with E-state index in [9.17, 15) is 14.4 Å². The van der Waals surface area contributed by atoms with Gasteiger partial charge in [-0.3, -0.25) is 14.4 Å². The lowest BCUT2D eigenvalue weighted by molar-refractivity contribution is -0.122. The lowest BCUT2D eigenvalue weighted by atomic mass is 9.79. The molecule has 1 heterocycles. The normalized spacial score (nSPS) is 17.5. The van der Waals surface area contributed by atoms with Crippen molar-refractivity contribution in [2.24, 2.45) is 22.6 Å². The second kappa shape index (κ2) is 8.22. The van der Waals surface area contributed by atoms with Gasteiger partial charge < -0.3 is 11.1 Å². The first-order valence-electron chi connectivity index (χ1n) is 8.75. The van der Waals surface area contributed by atoms with Crippen molar-refractivity contribution in [3.63, 3.8) is 0 Å². The summed E-state index contributed by atoms with van der Waals surface area (Å²) in [6.07, 6.45) is -0.169. The van der Waals surface area contributed by atoms with E-state index in [-0.39, 0.29) is 28.9 Å². The predicted octanol–water partition coefficient (Wildman–Crippen LogP) is 2.46. The van der Waals surface area contributed by atoms with Crippen LogP contribution in [0.3, 0.4) is 0 Å². The second-order valence-corrected chi connectivity index (χ2v) is 7.03. The predicted molar refractivity (Wildman–Crippen MR) is 110 cm³/mol. The van der Waals surface area contributed by atoms with E-state index in [2.05, 4.69) is 10.3 Å². The maximum atomic E-state index is 13.2. The highest BCUT2D eigenvalue weighted by atomic mass is 32.1. The minimum absolute atomic E-state index is 0.0466. The number of thiocarbonyl (C=S) groups is 1. The fraction of sp³-hybridized carbons (Fsp3) is 0.190. The molecule has 0 aliphatic carbocycles. The van der Waals surface area contributed by atoms with Gasteiger partial charge in [-0.2, -0.15) is 0 Å². The first-order chi connectivity index (χ1) is 13.4. The van der Waals surface area contributed by atoms with Crippen LogP contribution in [0.1, 0.15) is 32.7 Å². The zero-order chi connectivity index (χ0) is 20.3. The molecule has 142 valence electrons. The number of aryl methyl sites for hydroxylation is 1. The van der Waals surface area contributed by atoms with Crippen LogP contribution >= 0.6 is 12.2 Å². The van der Waals surface area contributed by atoms with E-state index in [1.54, 1.807) is 54.6 Å². The zero-order valence-electron chi connectivity index (χ0n) is 15.2. The lowest BCUT2D eigenvalue weighted by Crippen LogP contribution is -2.51. The quantitative estimate of drug-likeness (QED) is 0.580. The van der Waals surface area contributed by atoms with Crippen LogP contribution in [0.2, 0.25) is 0 Å². The van der Waals surface area contributed by atoms with Crippen LogP contribution in [-0.4, -0.2) is 28.4 Å². The van der Waals surface area contributed by atoms with Crippen molar-refractivity contribution in [2.75, 3.05) is 0 Å². The van der Waals surface area contributed by atoms with Gasteiger partial charge in [-0.15, -0.1) is 0 Å². The fourth-order valence-electron chi connectivity index (χ4n) is 3.16.